The molecule has 0 radical (unpaired) electrons. The first kappa shape index (κ1) is 23.0. The zero-order chi connectivity index (χ0) is 23.2. The molecule has 168 valence electrons. The van der Waals surface area contributed by atoms with Crippen molar-refractivity contribution in [3.8, 4) is 5.75 Å². The second-order valence-electron chi connectivity index (χ2n) is 7.52. The summed E-state index contributed by atoms with van der Waals surface area (Å²) < 4.78 is 5.51. The number of benzene rings is 3. The number of thioether (sulfide) groups is 1. The number of hydrogen-bond donors (Lipinski definition) is 1. The van der Waals surface area contributed by atoms with Crippen molar-refractivity contribution in [3.05, 3.63) is 107 Å². The molecule has 1 saturated heterocycles. The molecule has 1 fully saturated rings. The molecule has 0 spiro atoms. The number of ether oxygens (including phenoxy) is 1. The van der Waals surface area contributed by atoms with Crippen molar-refractivity contribution in [1.82, 2.24) is 4.90 Å². The molecule has 0 saturated carbocycles. The molecular weight excluding hydrogens is 456 g/mol. The van der Waals surface area contributed by atoms with Crippen LogP contribution in [0.15, 0.2) is 85.5 Å². The molecular formula is C26H23ClN2O3S. The predicted molar refractivity (Wildman–Crippen MR) is 134 cm³/mol. The summed E-state index contributed by atoms with van der Waals surface area (Å²) in [5.74, 6) is 0.979. The average Bonchev–Trinajstić information content (AvgIpc) is 3.19. The van der Waals surface area contributed by atoms with Crippen molar-refractivity contribution in [2.75, 3.05) is 17.7 Å². The van der Waals surface area contributed by atoms with Crippen LogP contribution in [0.5, 0.6) is 5.75 Å². The van der Waals surface area contributed by atoms with Crippen LogP contribution in [-0.4, -0.2) is 29.1 Å². The Bertz CT molecular complexity index is 1150. The van der Waals surface area contributed by atoms with Crippen molar-refractivity contribution in [3.63, 3.8) is 0 Å². The molecule has 7 heteroatoms. The van der Waals surface area contributed by atoms with E-state index in [2.05, 4.69) is 11.9 Å². The number of nitrogens with zero attached hydrogens (tertiary/aromatic N) is 1. The number of hydrogen-bond acceptors (Lipinski definition) is 4. The summed E-state index contributed by atoms with van der Waals surface area (Å²) in [6, 6.07) is 22.1. The fourth-order valence-electron chi connectivity index (χ4n) is 3.51. The lowest BCUT2D eigenvalue weighted by Crippen LogP contribution is -2.27. The highest BCUT2D eigenvalue weighted by Gasteiger charge is 2.32. The molecule has 3 aromatic carbocycles. The molecule has 3 aromatic rings. The summed E-state index contributed by atoms with van der Waals surface area (Å²) in [5, 5.41) is 3.47. The van der Waals surface area contributed by atoms with Gasteiger partial charge in [0, 0.05) is 28.9 Å². The molecule has 0 aliphatic carbocycles. The van der Waals surface area contributed by atoms with E-state index in [9.17, 15) is 9.59 Å². The maximum absolute atomic E-state index is 12.7. The molecule has 0 bridgehead atoms. The lowest BCUT2D eigenvalue weighted by atomic mass is 10.1. The van der Waals surface area contributed by atoms with Crippen molar-refractivity contribution in [1.29, 1.82) is 0 Å². The molecule has 0 aromatic heterocycles. The van der Waals surface area contributed by atoms with Gasteiger partial charge in [0.2, 0.25) is 5.91 Å². The van der Waals surface area contributed by atoms with Crippen LogP contribution in [0, 0.1) is 0 Å². The lowest BCUT2D eigenvalue weighted by molar-refractivity contribution is -0.128. The van der Waals surface area contributed by atoms with Crippen molar-refractivity contribution in [2.45, 2.75) is 11.9 Å². The van der Waals surface area contributed by atoms with E-state index in [0.717, 1.165) is 11.1 Å². The van der Waals surface area contributed by atoms with E-state index in [1.54, 1.807) is 36.0 Å². The van der Waals surface area contributed by atoms with Crippen molar-refractivity contribution in [2.24, 2.45) is 0 Å². The molecule has 0 unspecified atom stereocenters. The minimum Gasteiger partial charge on any atom is -0.489 e. The van der Waals surface area contributed by atoms with E-state index >= 15 is 0 Å². The van der Waals surface area contributed by atoms with Crippen LogP contribution >= 0.6 is 23.4 Å². The van der Waals surface area contributed by atoms with Crippen LogP contribution in [0.1, 0.15) is 26.9 Å². The van der Waals surface area contributed by atoms with Gasteiger partial charge in [-0.25, -0.2) is 0 Å². The van der Waals surface area contributed by atoms with E-state index in [-0.39, 0.29) is 17.2 Å². The number of anilines is 1. The van der Waals surface area contributed by atoms with E-state index in [0.29, 0.717) is 40.9 Å². The van der Waals surface area contributed by atoms with E-state index in [4.69, 9.17) is 16.3 Å². The quantitative estimate of drug-likeness (QED) is 0.407. The normalized spacial score (nSPS) is 15.4. The standard InChI is InChI=1S/C26H23ClN2O3S/c1-2-14-32-23-5-3-4-22(15-23)28-25(31)19-8-10-20(11-9-19)26-29(24(30)17-33-26)16-18-6-12-21(27)13-7-18/h2-13,15,26H,1,14,16-17H2,(H,28,31)/t26-/m0/s1. The predicted octanol–water partition coefficient (Wildman–Crippen LogP) is 5.93. The Morgan fingerprint density at radius 2 is 1.91 bits per heavy atom. The van der Waals surface area contributed by atoms with E-state index < -0.39 is 0 Å². The van der Waals surface area contributed by atoms with Crippen LogP contribution in [0.4, 0.5) is 5.69 Å². The summed E-state index contributed by atoms with van der Waals surface area (Å²) in [4.78, 5) is 27.1. The third-order valence-corrected chi connectivity index (χ3v) is 6.66. The third-order valence-electron chi connectivity index (χ3n) is 5.15. The Kier molecular flexibility index (Phi) is 7.37. The highest BCUT2D eigenvalue weighted by Crippen LogP contribution is 2.39. The Morgan fingerprint density at radius 3 is 2.64 bits per heavy atom. The minimum absolute atomic E-state index is 0.0935. The summed E-state index contributed by atoms with van der Waals surface area (Å²) in [6.07, 6.45) is 1.67. The third kappa shape index (κ3) is 5.78. The molecule has 33 heavy (non-hydrogen) atoms. The number of halogens is 1. The maximum atomic E-state index is 12.7. The minimum atomic E-state index is -0.212. The number of nitrogens with one attached hydrogen (secondary N) is 1. The molecule has 1 heterocycles. The second kappa shape index (κ2) is 10.6. The molecule has 1 aliphatic heterocycles. The fourth-order valence-corrected chi connectivity index (χ4v) is 4.82. The van der Waals surface area contributed by atoms with Gasteiger partial charge in [-0.1, -0.05) is 54.6 Å². The smallest absolute Gasteiger partial charge is 0.255 e. The SMILES string of the molecule is C=CCOc1cccc(NC(=O)c2ccc([C@@H]3SCC(=O)N3Cc3ccc(Cl)cc3)cc2)c1. The Labute approximate surface area is 202 Å². The van der Waals surface area contributed by atoms with Gasteiger partial charge in [0.25, 0.3) is 5.91 Å². The molecule has 4 rings (SSSR count). The highest BCUT2D eigenvalue weighted by molar-refractivity contribution is 8.00. The summed E-state index contributed by atoms with van der Waals surface area (Å²) in [6.45, 7) is 4.54. The molecule has 1 N–H and O–H groups in total. The average molecular weight is 479 g/mol. The number of carbonyl (C=O) groups is 2. The lowest BCUT2D eigenvalue weighted by Gasteiger charge is -2.24. The maximum Gasteiger partial charge on any atom is 0.255 e. The zero-order valence-corrected chi connectivity index (χ0v) is 19.4. The van der Waals surface area contributed by atoms with E-state index in [1.807, 2.05) is 59.5 Å². The molecule has 2 amide bonds. The monoisotopic (exact) mass is 478 g/mol. The van der Waals surface area contributed by atoms with Crippen LogP contribution in [-0.2, 0) is 11.3 Å². The van der Waals surface area contributed by atoms with Crippen LogP contribution in [0.3, 0.4) is 0 Å². The molecule has 5 nitrogen and oxygen atoms in total. The van der Waals surface area contributed by atoms with Gasteiger partial charge in [0.05, 0.1) is 5.75 Å². The van der Waals surface area contributed by atoms with Crippen LogP contribution in [0.25, 0.3) is 0 Å². The van der Waals surface area contributed by atoms with Gasteiger partial charge in [-0.2, -0.15) is 0 Å². The zero-order valence-electron chi connectivity index (χ0n) is 17.9. The van der Waals surface area contributed by atoms with Gasteiger partial charge >= 0.3 is 0 Å². The topological polar surface area (TPSA) is 58.6 Å². The van der Waals surface area contributed by atoms with Gasteiger partial charge in [-0.05, 0) is 47.5 Å². The van der Waals surface area contributed by atoms with Gasteiger partial charge in [0.15, 0.2) is 0 Å². The first-order chi connectivity index (χ1) is 16.0. The molecule has 1 atom stereocenters. The summed E-state index contributed by atoms with van der Waals surface area (Å²) in [5.41, 5.74) is 3.19. The number of rotatable bonds is 8. The van der Waals surface area contributed by atoms with Gasteiger partial charge in [0.1, 0.15) is 17.7 Å². The Balaban J connectivity index is 1.43. The van der Waals surface area contributed by atoms with Crippen LogP contribution in [0.2, 0.25) is 5.02 Å². The first-order valence-corrected chi connectivity index (χ1v) is 11.9. The van der Waals surface area contributed by atoms with Gasteiger partial charge < -0.3 is 15.0 Å². The molecule has 1 aliphatic rings. The Hall–Kier alpha value is -3.22. The second-order valence-corrected chi connectivity index (χ2v) is 9.02. The summed E-state index contributed by atoms with van der Waals surface area (Å²) in [7, 11) is 0. The van der Waals surface area contributed by atoms with Crippen LogP contribution < -0.4 is 10.1 Å². The van der Waals surface area contributed by atoms with Crippen molar-refractivity contribution < 1.29 is 14.3 Å². The van der Waals surface area contributed by atoms with Gasteiger partial charge in [-0.3, -0.25) is 9.59 Å². The fraction of sp³-hybridized carbons (Fsp3) is 0.154. The van der Waals surface area contributed by atoms with Gasteiger partial charge in [-0.15, -0.1) is 11.8 Å². The largest absolute Gasteiger partial charge is 0.489 e. The highest BCUT2D eigenvalue weighted by atomic mass is 35.5. The summed E-state index contributed by atoms with van der Waals surface area (Å²) >= 11 is 7.56. The Morgan fingerprint density at radius 1 is 1.15 bits per heavy atom. The number of carbonyl (C=O) groups excluding carboxylic acids is 2. The van der Waals surface area contributed by atoms with E-state index in [1.165, 1.54) is 0 Å². The van der Waals surface area contributed by atoms with Crippen molar-refractivity contribution >= 4 is 40.9 Å². The number of amides is 2. The first-order valence-electron chi connectivity index (χ1n) is 10.4.